The van der Waals surface area contributed by atoms with Gasteiger partial charge in [0.1, 0.15) is 6.61 Å². The summed E-state index contributed by atoms with van der Waals surface area (Å²) in [6, 6.07) is 3.40. The number of aromatic nitrogens is 1. The minimum absolute atomic E-state index is 0.0585. The average molecular weight is 222 g/mol. The van der Waals surface area contributed by atoms with Crippen molar-refractivity contribution in [2.75, 3.05) is 18.5 Å². The predicted molar refractivity (Wildman–Crippen MR) is 58.2 cm³/mol. The number of carbonyl (C=O) groups excluding carboxylic acids is 1. The van der Waals surface area contributed by atoms with Crippen molar-refractivity contribution in [2.24, 2.45) is 0 Å². The average Bonchev–Trinajstić information content (AvgIpc) is 2.81. The van der Waals surface area contributed by atoms with Gasteiger partial charge in [-0.25, -0.2) is 4.79 Å². The first-order valence-electron chi connectivity index (χ1n) is 5.30. The lowest BCUT2D eigenvalue weighted by Gasteiger charge is -2.10. The number of ether oxygens (including phenoxy) is 2. The Bertz CT molecular complexity index is 336. The summed E-state index contributed by atoms with van der Waals surface area (Å²) in [6.45, 7) is 1.08. The Hall–Kier alpha value is -1.62. The Morgan fingerprint density at radius 3 is 3.06 bits per heavy atom. The molecule has 5 heteroatoms. The molecule has 0 spiro atoms. The Kier molecular flexibility index (Phi) is 3.71. The molecular formula is C11H14N2O3. The number of amides is 1. The summed E-state index contributed by atoms with van der Waals surface area (Å²) < 4.78 is 10.4. The molecule has 1 aliphatic rings. The number of hydrogen-bond donors (Lipinski definition) is 1. The molecule has 16 heavy (non-hydrogen) atoms. The summed E-state index contributed by atoms with van der Waals surface area (Å²) in [5, 5.41) is 2.61. The van der Waals surface area contributed by atoms with Gasteiger partial charge in [0.15, 0.2) is 0 Å². The number of nitrogens with zero attached hydrogens (tertiary/aromatic N) is 1. The molecule has 0 radical (unpaired) electrons. The maximum Gasteiger partial charge on any atom is 0.411 e. The van der Waals surface area contributed by atoms with Gasteiger partial charge < -0.3 is 9.47 Å². The van der Waals surface area contributed by atoms with Gasteiger partial charge in [-0.2, -0.15) is 0 Å². The van der Waals surface area contributed by atoms with E-state index >= 15 is 0 Å². The zero-order chi connectivity index (χ0) is 11.2. The highest BCUT2D eigenvalue weighted by atomic mass is 16.6. The number of rotatable bonds is 3. The van der Waals surface area contributed by atoms with Gasteiger partial charge in [0, 0.05) is 24.7 Å². The van der Waals surface area contributed by atoms with Gasteiger partial charge in [0.25, 0.3) is 0 Å². The summed E-state index contributed by atoms with van der Waals surface area (Å²) >= 11 is 0. The van der Waals surface area contributed by atoms with E-state index in [2.05, 4.69) is 10.3 Å². The number of hydrogen-bond acceptors (Lipinski definition) is 4. The van der Waals surface area contributed by atoms with Crippen LogP contribution in [0.3, 0.4) is 0 Å². The Labute approximate surface area is 93.8 Å². The van der Waals surface area contributed by atoms with Crippen LogP contribution in [0.4, 0.5) is 10.5 Å². The highest BCUT2D eigenvalue weighted by Crippen LogP contribution is 2.12. The van der Waals surface area contributed by atoms with Crippen LogP contribution in [0.1, 0.15) is 12.8 Å². The molecule has 0 aromatic carbocycles. The van der Waals surface area contributed by atoms with Gasteiger partial charge in [-0.15, -0.1) is 0 Å². The van der Waals surface area contributed by atoms with Crippen molar-refractivity contribution in [2.45, 2.75) is 18.9 Å². The molecule has 1 aliphatic heterocycles. The van der Waals surface area contributed by atoms with Gasteiger partial charge in [-0.3, -0.25) is 10.3 Å². The quantitative estimate of drug-likeness (QED) is 0.847. The first kappa shape index (κ1) is 10.9. The molecule has 1 fully saturated rings. The van der Waals surface area contributed by atoms with Gasteiger partial charge >= 0.3 is 6.09 Å². The van der Waals surface area contributed by atoms with Gasteiger partial charge in [-0.05, 0) is 25.0 Å². The molecule has 0 aliphatic carbocycles. The summed E-state index contributed by atoms with van der Waals surface area (Å²) in [6.07, 6.45) is 4.82. The first-order valence-corrected chi connectivity index (χ1v) is 5.30. The summed E-state index contributed by atoms with van der Waals surface area (Å²) in [7, 11) is 0. The third-order valence-electron chi connectivity index (χ3n) is 2.35. The number of carbonyl (C=O) groups is 1. The number of pyridine rings is 1. The van der Waals surface area contributed by atoms with E-state index in [0.717, 1.165) is 19.4 Å². The minimum atomic E-state index is -0.457. The normalized spacial score (nSPS) is 19.4. The molecular weight excluding hydrogens is 208 g/mol. The molecule has 1 amide bonds. The van der Waals surface area contributed by atoms with E-state index in [1.54, 1.807) is 24.5 Å². The molecule has 5 nitrogen and oxygen atoms in total. The summed E-state index contributed by atoms with van der Waals surface area (Å²) in [5.41, 5.74) is 0.673. The van der Waals surface area contributed by atoms with Crippen molar-refractivity contribution >= 4 is 11.8 Å². The zero-order valence-corrected chi connectivity index (χ0v) is 8.89. The van der Waals surface area contributed by atoms with Crippen LogP contribution >= 0.6 is 0 Å². The standard InChI is InChI=1S/C11H14N2O3/c14-11(13-9-3-5-12-6-4-9)16-8-10-2-1-7-15-10/h3-6,10H,1-2,7-8H2,(H,12,13,14)/t10-/m1/s1. The molecule has 0 bridgehead atoms. The van der Waals surface area contributed by atoms with Crippen LogP contribution in [0, 0.1) is 0 Å². The van der Waals surface area contributed by atoms with Crippen LogP contribution in [0.5, 0.6) is 0 Å². The molecule has 1 aromatic heterocycles. The highest BCUT2D eigenvalue weighted by molar-refractivity contribution is 5.84. The van der Waals surface area contributed by atoms with Crippen molar-refractivity contribution in [1.29, 1.82) is 0 Å². The van der Waals surface area contributed by atoms with E-state index in [4.69, 9.17) is 9.47 Å². The molecule has 86 valence electrons. The smallest absolute Gasteiger partial charge is 0.411 e. The van der Waals surface area contributed by atoms with Crippen molar-refractivity contribution in [3.63, 3.8) is 0 Å². The second kappa shape index (κ2) is 5.46. The fourth-order valence-corrected chi connectivity index (χ4v) is 1.53. The third-order valence-corrected chi connectivity index (χ3v) is 2.35. The first-order chi connectivity index (χ1) is 7.84. The number of anilines is 1. The fourth-order valence-electron chi connectivity index (χ4n) is 1.53. The molecule has 0 saturated carbocycles. The second-order valence-electron chi connectivity index (χ2n) is 3.59. The van der Waals surface area contributed by atoms with Crippen molar-refractivity contribution < 1.29 is 14.3 Å². The molecule has 2 rings (SSSR count). The topological polar surface area (TPSA) is 60.5 Å². The monoisotopic (exact) mass is 222 g/mol. The molecule has 1 aromatic rings. The lowest BCUT2D eigenvalue weighted by atomic mass is 10.2. The maximum absolute atomic E-state index is 11.4. The Morgan fingerprint density at radius 2 is 2.38 bits per heavy atom. The van der Waals surface area contributed by atoms with Crippen LogP contribution in [-0.2, 0) is 9.47 Å². The molecule has 1 atom stereocenters. The van der Waals surface area contributed by atoms with Gasteiger partial charge in [-0.1, -0.05) is 0 Å². The van der Waals surface area contributed by atoms with Crippen LogP contribution < -0.4 is 5.32 Å². The summed E-state index contributed by atoms with van der Waals surface area (Å²) in [4.78, 5) is 15.2. The van der Waals surface area contributed by atoms with Crippen molar-refractivity contribution in [1.82, 2.24) is 4.98 Å². The lowest BCUT2D eigenvalue weighted by molar-refractivity contribution is 0.0484. The van der Waals surface area contributed by atoms with E-state index < -0.39 is 6.09 Å². The largest absolute Gasteiger partial charge is 0.447 e. The van der Waals surface area contributed by atoms with Crippen LogP contribution in [0.15, 0.2) is 24.5 Å². The molecule has 1 saturated heterocycles. The SMILES string of the molecule is O=C(Nc1ccncc1)OC[C@H]1CCCO1. The van der Waals surface area contributed by atoms with Crippen LogP contribution in [-0.4, -0.2) is 30.4 Å². The van der Waals surface area contributed by atoms with E-state index in [1.807, 2.05) is 0 Å². The van der Waals surface area contributed by atoms with Crippen molar-refractivity contribution in [3.8, 4) is 0 Å². The van der Waals surface area contributed by atoms with Gasteiger partial charge in [0.2, 0.25) is 0 Å². The lowest BCUT2D eigenvalue weighted by Crippen LogP contribution is -2.21. The molecule has 2 heterocycles. The predicted octanol–water partition coefficient (Wildman–Crippen LogP) is 1.81. The van der Waals surface area contributed by atoms with E-state index in [1.165, 1.54) is 0 Å². The number of nitrogens with one attached hydrogen (secondary N) is 1. The van der Waals surface area contributed by atoms with Crippen LogP contribution in [0.25, 0.3) is 0 Å². The van der Waals surface area contributed by atoms with Crippen molar-refractivity contribution in [3.05, 3.63) is 24.5 Å². The Balaban J connectivity index is 1.72. The van der Waals surface area contributed by atoms with Gasteiger partial charge in [0.05, 0.1) is 6.10 Å². The summed E-state index contributed by atoms with van der Waals surface area (Å²) in [5.74, 6) is 0. The Morgan fingerprint density at radius 1 is 1.56 bits per heavy atom. The van der Waals surface area contributed by atoms with E-state index in [0.29, 0.717) is 12.3 Å². The van der Waals surface area contributed by atoms with E-state index in [-0.39, 0.29) is 6.10 Å². The minimum Gasteiger partial charge on any atom is -0.447 e. The fraction of sp³-hybridized carbons (Fsp3) is 0.455. The third kappa shape index (κ3) is 3.20. The molecule has 1 N–H and O–H groups in total. The van der Waals surface area contributed by atoms with E-state index in [9.17, 15) is 4.79 Å². The maximum atomic E-state index is 11.4. The molecule has 0 unspecified atom stereocenters. The van der Waals surface area contributed by atoms with Crippen LogP contribution in [0.2, 0.25) is 0 Å². The zero-order valence-electron chi connectivity index (χ0n) is 8.89. The highest BCUT2D eigenvalue weighted by Gasteiger charge is 2.17. The second-order valence-corrected chi connectivity index (χ2v) is 3.59.